The van der Waals surface area contributed by atoms with Gasteiger partial charge < -0.3 is 0 Å². The van der Waals surface area contributed by atoms with E-state index in [0.29, 0.717) is 11.8 Å². The Hall–Kier alpha value is -2.14. The second-order valence-electron chi connectivity index (χ2n) is 9.17. The van der Waals surface area contributed by atoms with E-state index in [1.807, 2.05) is 0 Å². The molecule has 0 spiro atoms. The first-order chi connectivity index (χ1) is 14.7. The molecule has 2 aliphatic carbocycles. The lowest BCUT2D eigenvalue weighted by Crippen LogP contribution is -2.14. The highest BCUT2D eigenvalue weighted by Gasteiger charge is 2.22. The van der Waals surface area contributed by atoms with Crippen molar-refractivity contribution in [2.24, 2.45) is 17.8 Å². The molecule has 2 heteroatoms. The zero-order valence-corrected chi connectivity index (χ0v) is 18.4. The molecule has 2 saturated carbocycles. The highest BCUT2D eigenvalue weighted by molar-refractivity contribution is 5.26. The minimum Gasteiger partial charge on any atom is -0.195 e. The molecule has 0 aliphatic heterocycles. The van der Waals surface area contributed by atoms with E-state index in [1.165, 1.54) is 74.6 Å². The third kappa shape index (κ3) is 6.98. The van der Waals surface area contributed by atoms with Crippen molar-refractivity contribution in [2.45, 2.75) is 77.0 Å². The summed E-state index contributed by atoms with van der Waals surface area (Å²) >= 11 is 0. The molecule has 30 heavy (non-hydrogen) atoms. The molecule has 0 amide bonds. The van der Waals surface area contributed by atoms with Crippen LogP contribution >= 0.6 is 0 Å². The Morgan fingerprint density at radius 1 is 0.900 bits per heavy atom. The lowest BCUT2D eigenvalue weighted by molar-refractivity contribution is 0.348. The van der Waals surface area contributed by atoms with Crippen LogP contribution in [0.1, 0.15) is 81.8 Å². The summed E-state index contributed by atoms with van der Waals surface area (Å²) in [6, 6.07) is 10.9. The van der Waals surface area contributed by atoms with Crippen LogP contribution in [0.25, 0.3) is 0 Å². The maximum absolute atomic E-state index is 12.8. The molecule has 160 valence electrons. The summed E-state index contributed by atoms with van der Waals surface area (Å²) in [5.41, 5.74) is 3.00. The third-order valence-electron chi connectivity index (χ3n) is 6.97. The standard InChI is InChI=1S/C28H36FN/c1-2-4-22-13-17-26(18-14-22)27-19-15-25(16-20-27)12-11-24-9-7-23(8-10-24)5-3-6-28(29)21-30/h3,5-6,11-14,17-18,23-25,27H,2,4,7-10,15-16,19-20H2,1H3/b5-3?,12-11+,28-6?/t23-,24-,25-,27-. The third-order valence-corrected chi connectivity index (χ3v) is 6.97. The molecule has 0 saturated heterocycles. The van der Waals surface area contributed by atoms with Crippen LogP contribution in [0.3, 0.4) is 0 Å². The summed E-state index contributed by atoms with van der Waals surface area (Å²) in [4.78, 5) is 0. The van der Waals surface area contributed by atoms with Gasteiger partial charge in [0.25, 0.3) is 0 Å². The van der Waals surface area contributed by atoms with Crippen LogP contribution in [0, 0.1) is 29.1 Å². The summed E-state index contributed by atoms with van der Waals surface area (Å²) in [6.45, 7) is 2.24. The van der Waals surface area contributed by atoms with Crippen molar-refractivity contribution >= 4 is 0 Å². The minimum absolute atomic E-state index is 0.525. The van der Waals surface area contributed by atoms with Crippen LogP contribution in [-0.2, 0) is 6.42 Å². The molecular weight excluding hydrogens is 369 g/mol. The monoisotopic (exact) mass is 405 g/mol. The Morgan fingerprint density at radius 3 is 1.97 bits per heavy atom. The molecule has 0 atom stereocenters. The smallest absolute Gasteiger partial charge is 0.195 e. The minimum atomic E-state index is -0.717. The Kier molecular flexibility index (Phi) is 8.94. The number of aryl methyl sites for hydroxylation is 1. The number of hydrogen-bond acceptors (Lipinski definition) is 1. The van der Waals surface area contributed by atoms with Crippen LogP contribution in [0.15, 0.2) is 60.5 Å². The second kappa shape index (κ2) is 11.9. The van der Waals surface area contributed by atoms with Gasteiger partial charge in [0.15, 0.2) is 5.83 Å². The average Bonchev–Trinajstić information content (AvgIpc) is 2.79. The van der Waals surface area contributed by atoms with Gasteiger partial charge in [0.05, 0.1) is 0 Å². The SMILES string of the molecule is CCCc1ccc([C@H]2CC[C@H](/C=C/[C@H]3CC[C@H](C=CC=C(F)C#N)CC3)CC2)cc1. The molecule has 3 rings (SSSR count). The molecule has 0 aromatic heterocycles. The van der Waals surface area contributed by atoms with Gasteiger partial charge in [-0.1, -0.05) is 61.9 Å². The normalized spacial score (nSPS) is 28.1. The number of hydrogen-bond donors (Lipinski definition) is 0. The van der Waals surface area contributed by atoms with Gasteiger partial charge in [0, 0.05) is 0 Å². The zero-order chi connectivity index (χ0) is 21.2. The molecule has 0 bridgehead atoms. The molecule has 2 aliphatic rings. The summed E-state index contributed by atoms with van der Waals surface area (Å²) in [5.74, 6) is 2.00. The summed E-state index contributed by atoms with van der Waals surface area (Å²) in [5, 5.41) is 8.44. The van der Waals surface area contributed by atoms with Crippen molar-refractivity contribution < 1.29 is 4.39 Å². The van der Waals surface area contributed by atoms with Gasteiger partial charge in [0.1, 0.15) is 6.07 Å². The Morgan fingerprint density at radius 2 is 1.43 bits per heavy atom. The van der Waals surface area contributed by atoms with Crippen molar-refractivity contribution in [2.75, 3.05) is 0 Å². The molecule has 0 heterocycles. The lowest BCUT2D eigenvalue weighted by atomic mass is 9.77. The predicted octanol–water partition coefficient (Wildman–Crippen LogP) is 8.21. The summed E-state index contributed by atoms with van der Waals surface area (Å²) < 4.78 is 12.8. The van der Waals surface area contributed by atoms with Crippen LogP contribution in [-0.4, -0.2) is 0 Å². The van der Waals surface area contributed by atoms with Crippen LogP contribution in [0.5, 0.6) is 0 Å². The first-order valence-electron chi connectivity index (χ1n) is 11.9. The van der Waals surface area contributed by atoms with Gasteiger partial charge in [0.2, 0.25) is 0 Å². The van der Waals surface area contributed by atoms with Gasteiger partial charge in [-0.05, 0) is 98.7 Å². The van der Waals surface area contributed by atoms with E-state index >= 15 is 0 Å². The fourth-order valence-corrected chi connectivity index (χ4v) is 5.07. The molecule has 0 N–H and O–H groups in total. The van der Waals surface area contributed by atoms with Crippen molar-refractivity contribution in [3.05, 3.63) is 71.6 Å². The van der Waals surface area contributed by atoms with Gasteiger partial charge in [-0.15, -0.1) is 0 Å². The molecule has 0 radical (unpaired) electrons. The quantitative estimate of drug-likeness (QED) is 0.255. The zero-order valence-electron chi connectivity index (χ0n) is 18.4. The van der Waals surface area contributed by atoms with Crippen molar-refractivity contribution in [1.29, 1.82) is 5.26 Å². The van der Waals surface area contributed by atoms with Crippen LogP contribution in [0.4, 0.5) is 4.39 Å². The molecule has 1 nitrogen and oxygen atoms in total. The van der Waals surface area contributed by atoms with Gasteiger partial charge in [-0.3, -0.25) is 0 Å². The maximum atomic E-state index is 12.8. The largest absolute Gasteiger partial charge is 0.199 e. The van der Waals surface area contributed by atoms with Crippen LogP contribution < -0.4 is 0 Å². The number of nitrogens with zero attached hydrogens (tertiary/aromatic N) is 1. The second-order valence-corrected chi connectivity index (χ2v) is 9.17. The average molecular weight is 406 g/mol. The van der Waals surface area contributed by atoms with E-state index in [1.54, 1.807) is 6.08 Å². The molecule has 2 fully saturated rings. The van der Waals surface area contributed by atoms with Gasteiger partial charge in [-0.2, -0.15) is 9.65 Å². The predicted molar refractivity (Wildman–Crippen MR) is 124 cm³/mol. The van der Waals surface area contributed by atoms with Gasteiger partial charge in [-0.25, -0.2) is 0 Å². The number of halogens is 1. The first kappa shape index (κ1) is 22.5. The fourth-order valence-electron chi connectivity index (χ4n) is 5.07. The molecule has 1 aromatic rings. The number of allylic oxidation sites excluding steroid dienone is 6. The highest BCUT2D eigenvalue weighted by Crippen LogP contribution is 2.37. The van der Waals surface area contributed by atoms with E-state index < -0.39 is 5.83 Å². The summed E-state index contributed by atoms with van der Waals surface area (Å²) in [6.07, 6.45) is 22.4. The molecule has 1 aromatic carbocycles. The van der Waals surface area contributed by atoms with Crippen molar-refractivity contribution in [3.8, 4) is 6.07 Å². The van der Waals surface area contributed by atoms with E-state index in [2.05, 4.69) is 49.4 Å². The van der Waals surface area contributed by atoms with E-state index in [0.717, 1.165) is 24.7 Å². The fraction of sp³-hybridized carbons (Fsp3) is 0.536. The van der Waals surface area contributed by atoms with E-state index in [9.17, 15) is 4.39 Å². The van der Waals surface area contributed by atoms with Crippen molar-refractivity contribution in [1.82, 2.24) is 0 Å². The van der Waals surface area contributed by atoms with E-state index in [-0.39, 0.29) is 0 Å². The molecule has 0 unspecified atom stereocenters. The number of rotatable bonds is 7. The number of benzene rings is 1. The van der Waals surface area contributed by atoms with Crippen molar-refractivity contribution in [3.63, 3.8) is 0 Å². The highest BCUT2D eigenvalue weighted by atomic mass is 19.1. The lowest BCUT2D eigenvalue weighted by Gasteiger charge is -2.28. The Labute approximate surface area is 182 Å². The molecular formula is C28H36FN. The van der Waals surface area contributed by atoms with Gasteiger partial charge >= 0.3 is 0 Å². The topological polar surface area (TPSA) is 23.8 Å². The Balaban J connectivity index is 1.38. The first-order valence-corrected chi connectivity index (χ1v) is 11.9. The number of nitriles is 1. The summed E-state index contributed by atoms with van der Waals surface area (Å²) in [7, 11) is 0. The van der Waals surface area contributed by atoms with E-state index in [4.69, 9.17) is 5.26 Å². The van der Waals surface area contributed by atoms with Crippen LogP contribution in [0.2, 0.25) is 0 Å². The Bertz CT molecular complexity index is 764. The maximum Gasteiger partial charge on any atom is 0.199 e.